The minimum Gasteiger partial charge on any atom is -0.264 e. The van der Waals surface area contributed by atoms with Crippen LogP contribution in [0.25, 0.3) is 0 Å². The molecule has 1 rings (SSSR count). The van der Waals surface area contributed by atoms with Crippen LogP contribution < -0.4 is 4.72 Å². The number of hydrogen-bond acceptors (Lipinski definition) is 2. The quantitative estimate of drug-likeness (QED) is 0.487. The maximum absolute atomic E-state index is 3.48. The molecule has 0 fully saturated rings. The number of aryl methyl sites for hydroxylation is 1. The van der Waals surface area contributed by atoms with Crippen molar-refractivity contribution in [2.75, 3.05) is 12.3 Å². The van der Waals surface area contributed by atoms with E-state index in [-0.39, 0.29) is 0 Å². The molecule has 0 radical (unpaired) electrons. The Morgan fingerprint density at radius 2 is 1.94 bits per heavy atom. The van der Waals surface area contributed by atoms with Gasteiger partial charge >= 0.3 is 0 Å². The van der Waals surface area contributed by atoms with Crippen LogP contribution in [-0.4, -0.2) is 12.3 Å². The molecule has 0 aliphatic rings. The van der Waals surface area contributed by atoms with Crippen LogP contribution in [0.4, 0.5) is 0 Å². The van der Waals surface area contributed by atoms with Crippen molar-refractivity contribution in [1.29, 1.82) is 0 Å². The monoisotopic (exact) mass is 265 g/mol. The first-order valence-electron chi connectivity index (χ1n) is 7.21. The van der Waals surface area contributed by atoms with Gasteiger partial charge in [0, 0.05) is 12.3 Å². The Bertz CT molecular complexity index is 286. The number of nitrogens with one attached hydrogen (secondary N) is 1. The lowest BCUT2D eigenvalue weighted by atomic mass is 10.0. The second-order valence-corrected chi connectivity index (χ2v) is 6.00. The third-order valence-corrected chi connectivity index (χ3v) is 4.04. The van der Waals surface area contributed by atoms with Gasteiger partial charge in [-0.3, -0.25) is 4.72 Å². The second-order valence-electron chi connectivity index (χ2n) is 5.01. The molecule has 1 unspecified atom stereocenters. The number of hydrogen-bond donors (Lipinski definition) is 1. The molecule has 0 saturated carbocycles. The maximum atomic E-state index is 3.48. The van der Waals surface area contributed by atoms with E-state index < -0.39 is 0 Å². The lowest BCUT2D eigenvalue weighted by molar-refractivity contribution is 0.473. The molecule has 0 bridgehead atoms. The van der Waals surface area contributed by atoms with Crippen LogP contribution in [0.2, 0.25) is 0 Å². The van der Waals surface area contributed by atoms with E-state index in [0.29, 0.717) is 0 Å². The van der Waals surface area contributed by atoms with E-state index in [2.05, 4.69) is 48.9 Å². The Labute approximate surface area is 117 Å². The molecule has 0 amide bonds. The van der Waals surface area contributed by atoms with Gasteiger partial charge in [-0.05, 0) is 24.3 Å². The van der Waals surface area contributed by atoms with Crippen molar-refractivity contribution < 1.29 is 0 Å². The number of unbranched alkanes of at least 4 members (excludes halogenated alkanes) is 1. The summed E-state index contributed by atoms with van der Waals surface area (Å²) >= 11 is 1.86. The SMILES string of the molecule is CCCCC(C)CCNSCCc1ccccc1. The first kappa shape index (κ1) is 15.6. The van der Waals surface area contributed by atoms with Gasteiger partial charge in [0.15, 0.2) is 0 Å². The minimum atomic E-state index is 0.868. The van der Waals surface area contributed by atoms with E-state index >= 15 is 0 Å². The second kappa shape index (κ2) is 10.5. The topological polar surface area (TPSA) is 12.0 Å². The van der Waals surface area contributed by atoms with E-state index in [4.69, 9.17) is 0 Å². The van der Waals surface area contributed by atoms with Crippen molar-refractivity contribution in [2.45, 2.75) is 46.0 Å². The molecule has 1 aromatic rings. The highest BCUT2D eigenvalue weighted by Crippen LogP contribution is 2.11. The van der Waals surface area contributed by atoms with Crippen LogP contribution in [0.3, 0.4) is 0 Å². The smallest absolute Gasteiger partial charge is 0.0119 e. The molecule has 0 aliphatic carbocycles. The summed E-state index contributed by atoms with van der Waals surface area (Å²) in [6, 6.07) is 10.7. The molecular formula is C16H27NS. The van der Waals surface area contributed by atoms with Gasteiger partial charge in [0.2, 0.25) is 0 Å². The van der Waals surface area contributed by atoms with Gasteiger partial charge < -0.3 is 0 Å². The molecule has 1 N–H and O–H groups in total. The summed E-state index contributed by atoms with van der Waals surface area (Å²) in [6.45, 7) is 5.78. The van der Waals surface area contributed by atoms with Crippen molar-refractivity contribution in [2.24, 2.45) is 5.92 Å². The van der Waals surface area contributed by atoms with Crippen molar-refractivity contribution in [3.63, 3.8) is 0 Å². The molecule has 0 saturated heterocycles. The van der Waals surface area contributed by atoms with Gasteiger partial charge in [0.25, 0.3) is 0 Å². The highest BCUT2D eigenvalue weighted by molar-refractivity contribution is 7.97. The zero-order chi connectivity index (χ0) is 13.1. The van der Waals surface area contributed by atoms with Crippen LogP contribution in [0.1, 0.15) is 45.1 Å². The van der Waals surface area contributed by atoms with Crippen molar-refractivity contribution in [3.8, 4) is 0 Å². The Balaban J connectivity index is 1.93. The fourth-order valence-corrected chi connectivity index (χ4v) is 2.70. The number of benzene rings is 1. The van der Waals surface area contributed by atoms with Crippen molar-refractivity contribution in [3.05, 3.63) is 35.9 Å². The van der Waals surface area contributed by atoms with E-state index in [9.17, 15) is 0 Å². The molecule has 0 spiro atoms. The third-order valence-electron chi connectivity index (χ3n) is 3.23. The van der Waals surface area contributed by atoms with Crippen LogP contribution >= 0.6 is 11.9 Å². The summed E-state index contributed by atoms with van der Waals surface area (Å²) in [5, 5.41) is 0. The zero-order valence-electron chi connectivity index (χ0n) is 11.8. The third kappa shape index (κ3) is 7.78. The number of rotatable bonds is 10. The van der Waals surface area contributed by atoms with Gasteiger partial charge in [-0.2, -0.15) is 0 Å². The molecule has 1 atom stereocenters. The van der Waals surface area contributed by atoms with Gasteiger partial charge in [-0.1, -0.05) is 75.4 Å². The predicted molar refractivity (Wildman–Crippen MR) is 83.9 cm³/mol. The first-order chi connectivity index (χ1) is 8.83. The molecular weight excluding hydrogens is 238 g/mol. The van der Waals surface area contributed by atoms with E-state index in [1.807, 2.05) is 11.9 Å². The van der Waals surface area contributed by atoms with Gasteiger partial charge in [-0.15, -0.1) is 0 Å². The van der Waals surface area contributed by atoms with Crippen molar-refractivity contribution in [1.82, 2.24) is 4.72 Å². The van der Waals surface area contributed by atoms with E-state index in [1.54, 1.807) is 0 Å². The Morgan fingerprint density at radius 3 is 2.67 bits per heavy atom. The molecule has 18 heavy (non-hydrogen) atoms. The highest BCUT2D eigenvalue weighted by atomic mass is 32.2. The van der Waals surface area contributed by atoms with Crippen LogP contribution in [0.15, 0.2) is 30.3 Å². The van der Waals surface area contributed by atoms with E-state index in [0.717, 1.165) is 24.6 Å². The van der Waals surface area contributed by atoms with E-state index in [1.165, 1.54) is 31.2 Å². The maximum Gasteiger partial charge on any atom is 0.0119 e. The van der Waals surface area contributed by atoms with Gasteiger partial charge in [0.05, 0.1) is 0 Å². The minimum absolute atomic E-state index is 0.868. The van der Waals surface area contributed by atoms with Crippen LogP contribution in [-0.2, 0) is 6.42 Å². The molecule has 1 nitrogen and oxygen atoms in total. The van der Waals surface area contributed by atoms with Crippen LogP contribution in [0, 0.1) is 5.92 Å². The summed E-state index contributed by atoms with van der Waals surface area (Å²) in [7, 11) is 0. The summed E-state index contributed by atoms with van der Waals surface area (Å²) < 4.78 is 3.48. The molecule has 2 heteroatoms. The highest BCUT2D eigenvalue weighted by Gasteiger charge is 2.00. The lowest BCUT2D eigenvalue weighted by Gasteiger charge is -2.10. The Morgan fingerprint density at radius 1 is 1.17 bits per heavy atom. The summed E-state index contributed by atoms with van der Waals surface area (Å²) in [4.78, 5) is 0. The lowest BCUT2D eigenvalue weighted by Crippen LogP contribution is -2.11. The molecule has 102 valence electrons. The van der Waals surface area contributed by atoms with Gasteiger partial charge in [0.1, 0.15) is 0 Å². The Kier molecular flexibility index (Phi) is 9.05. The zero-order valence-corrected chi connectivity index (χ0v) is 12.6. The average Bonchev–Trinajstić information content (AvgIpc) is 2.41. The molecule has 0 aromatic heterocycles. The average molecular weight is 265 g/mol. The fraction of sp³-hybridized carbons (Fsp3) is 0.625. The largest absolute Gasteiger partial charge is 0.264 e. The summed E-state index contributed by atoms with van der Waals surface area (Å²) in [5.74, 6) is 2.03. The standard InChI is InChI=1S/C16H27NS/c1-3-4-8-15(2)11-13-17-18-14-12-16-9-6-5-7-10-16/h5-7,9-10,15,17H,3-4,8,11-14H2,1-2H3. The Hall–Kier alpha value is -0.470. The normalized spacial score (nSPS) is 12.6. The predicted octanol–water partition coefficient (Wildman–Crippen LogP) is 4.68. The molecule has 0 heterocycles. The van der Waals surface area contributed by atoms with Crippen LogP contribution in [0.5, 0.6) is 0 Å². The first-order valence-corrected chi connectivity index (χ1v) is 8.20. The summed E-state index contributed by atoms with van der Waals surface area (Å²) in [6.07, 6.45) is 6.54. The molecule has 0 aliphatic heterocycles. The molecule has 1 aromatic carbocycles. The van der Waals surface area contributed by atoms with Gasteiger partial charge in [-0.25, -0.2) is 0 Å². The van der Waals surface area contributed by atoms with Crippen molar-refractivity contribution >= 4 is 11.9 Å². The summed E-state index contributed by atoms with van der Waals surface area (Å²) in [5.41, 5.74) is 1.43. The fourth-order valence-electron chi connectivity index (χ4n) is 1.96.